The number of carboxylic acid groups (broad SMARTS) is 6. The van der Waals surface area contributed by atoms with Crippen molar-refractivity contribution in [3.63, 3.8) is 0 Å². The highest BCUT2D eigenvalue weighted by Crippen LogP contribution is 2.62. The SMILES string of the molecule is CC1CC1(Cl)Cl.CCC1C(CC)C1(Cl)Cl.C[C@@H]1[C@@H](C)C1(Cl)Cl.O=C(O)O.O=C(O)O.O=C(O)O. The lowest BCUT2D eigenvalue weighted by molar-refractivity contribution is 0.135. The van der Waals surface area contributed by atoms with Crippen LogP contribution < -0.4 is 0 Å². The molecule has 3 aliphatic rings. The van der Waals surface area contributed by atoms with Gasteiger partial charge in [0.15, 0.2) is 0 Å². The van der Waals surface area contributed by atoms with Crippen LogP contribution in [0, 0.1) is 29.6 Å². The van der Waals surface area contributed by atoms with Crippen molar-refractivity contribution >= 4 is 88.1 Å². The van der Waals surface area contributed by atoms with E-state index in [1.807, 2.05) is 6.92 Å². The Bertz CT molecular complexity index is 583. The molecule has 0 aromatic heterocycles. The summed E-state index contributed by atoms with van der Waals surface area (Å²) in [5, 5.41) is 41.8. The second kappa shape index (κ2) is 16.3. The second-order valence-corrected chi connectivity index (χ2v) is 12.1. The van der Waals surface area contributed by atoms with Crippen molar-refractivity contribution in [1.29, 1.82) is 0 Å². The lowest BCUT2D eigenvalue weighted by atomic mass is 10.2. The third-order valence-corrected chi connectivity index (χ3v) is 8.79. The molecule has 3 aliphatic carbocycles. The monoisotopic (exact) mass is 614 g/mol. The highest BCUT2D eigenvalue weighted by molar-refractivity contribution is 6.51. The van der Waals surface area contributed by atoms with Crippen LogP contribution in [0.1, 0.15) is 53.9 Å². The van der Waals surface area contributed by atoms with Crippen LogP contribution in [0.25, 0.3) is 0 Å². The molecule has 9 nitrogen and oxygen atoms in total. The predicted molar refractivity (Wildman–Crippen MR) is 135 cm³/mol. The first kappa shape index (κ1) is 38.1. The van der Waals surface area contributed by atoms with Gasteiger partial charge in [0.05, 0.1) is 0 Å². The minimum absolute atomic E-state index is 0.347. The Balaban J connectivity index is -0.000000351. The van der Waals surface area contributed by atoms with Crippen molar-refractivity contribution in [2.45, 2.75) is 66.9 Å². The van der Waals surface area contributed by atoms with Crippen LogP contribution in [0.4, 0.5) is 14.4 Å². The molecule has 5 atom stereocenters. The summed E-state index contributed by atoms with van der Waals surface area (Å²) in [6.07, 6.45) is -2.30. The van der Waals surface area contributed by atoms with Crippen LogP contribution in [0.3, 0.4) is 0 Å². The van der Waals surface area contributed by atoms with Gasteiger partial charge in [-0.1, -0.05) is 47.5 Å². The Morgan fingerprint density at radius 3 is 0.824 bits per heavy atom. The van der Waals surface area contributed by atoms with E-state index < -0.39 is 18.5 Å². The predicted octanol–water partition coefficient (Wildman–Crippen LogP) is 8.54. The zero-order valence-electron chi connectivity index (χ0n) is 19.2. The molecule has 0 spiro atoms. The third kappa shape index (κ3) is 17.9. The summed E-state index contributed by atoms with van der Waals surface area (Å²) in [5.41, 5.74) is 0. The molecule has 0 radical (unpaired) electrons. The van der Waals surface area contributed by atoms with Crippen LogP contribution >= 0.6 is 69.6 Å². The molecule has 3 saturated carbocycles. The maximum absolute atomic E-state index is 8.56. The van der Waals surface area contributed by atoms with Crippen LogP contribution in [0.5, 0.6) is 0 Å². The van der Waals surface area contributed by atoms with E-state index in [0.29, 0.717) is 29.6 Å². The van der Waals surface area contributed by atoms with Crippen LogP contribution in [0.2, 0.25) is 0 Å². The summed E-state index contributed by atoms with van der Waals surface area (Å²) in [6, 6.07) is 0. The fourth-order valence-corrected chi connectivity index (χ4v) is 4.79. The maximum Gasteiger partial charge on any atom is 0.503 e. The minimum atomic E-state index is -1.83. The van der Waals surface area contributed by atoms with Crippen molar-refractivity contribution in [1.82, 2.24) is 0 Å². The van der Waals surface area contributed by atoms with Gasteiger partial charge >= 0.3 is 18.5 Å². The van der Waals surface area contributed by atoms with Gasteiger partial charge < -0.3 is 30.6 Å². The molecule has 0 heterocycles. The Hall–Kier alpha value is -0.450. The molecule has 3 fully saturated rings. The molecule has 0 aromatic carbocycles. The van der Waals surface area contributed by atoms with E-state index in [1.54, 1.807) is 0 Å². The van der Waals surface area contributed by atoms with Crippen LogP contribution in [-0.4, -0.2) is 62.1 Å². The maximum atomic E-state index is 8.56. The normalized spacial score (nSPS) is 28.9. The average Bonchev–Trinajstić information content (AvgIpc) is 3.48. The van der Waals surface area contributed by atoms with Gasteiger partial charge in [-0.2, -0.15) is 0 Å². The van der Waals surface area contributed by atoms with E-state index in [2.05, 4.69) is 27.7 Å². The van der Waals surface area contributed by atoms with Crippen molar-refractivity contribution in [2.75, 3.05) is 0 Å². The highest BCUT2D eigenvalue weighted by atomic mass is 35.5. The van der Waals surface area contributed by atoms with Gasteiger partial charge in [0.25, 0.3) is 0 Å². The smallest absolute Gasteiger partial charge is 0.450 e. The van der Waals surface area contributed by atoms with Gasteiger partial charge in [-0.25, -0.2) is 14.4 Å². The van der Waals surface area contributed by atoms with E-state index in [0.717, 1.165) is 19.3 Å². The van der Waals surface area contributed by atoms with Gasteiger partial charge in [0.1, 0.15) is 13.0 Å². The highest BCUT2D eigenvalue weighted by Gasteiger charge is 2.60. The van der Waals surface area contributed by atoms with E-state index in [1.165, 1.54) is 0 Å². The largest absolute Gasteiger partial charge is 0.503 e. The van der Waals surface area contributed by atoms with E-state index in [-0.39, 0.29) is 13.0 Å². The molecule has 3 rings (SSSR count). The van der Waals surface area contributed by atoms with Gasteiger partial charge in [0.2, 0.25) is 0 Å². The standard InChI is InChI=1S/C7H12Cl2.C5H8Cl2.C4H6Cl2.3CH2O3/c1-3-5-6(4-2)7(5,8)9;1-3-4(2)5(3,6)7;1-3-2-4(3,5)6;3*2-1(3)4/h5-6H,3-4H2,1-2H3;3-4H,1-2H3;3H,2H2,1H3;3*(H2,2,3,4)/t;3-,4-;;;;/m.1..../s1. The van der Waals surface area contributed by atoms with Gasteiger partial charge in [-0.05, 0) is 36.0 Å². The number of hydrogen-bond acceptors (Lipinski definition) is 3. The fourth-order valence-electron chi connectivity index (χ4n) is 2.60. The summed E-state index contributed by atoms with van der Waals surface area (Å²) in [7, 11) is 0. The lowest BCUT2D eigenvalue weighted by Crippen LogP contribution is -1.88. The van der Waals surface area contributed by atoms with E-state index >= 15 is 0 Å². The molecule has 3 unspecified atom stereocenters. The van der Waals surface area contributed by atoms with Gasteiger partial charge in [-0.15, -0.1) is 69.6 Å². The lowest BCUT2D eigenvalue weighted by Gasteiger charge is -1.91. The van der Waals surface area contributed by atoms with Crippen LogP contribution in [0.15, 0.2) is 0 Å². The molecule has 0 bridgehead atoms. The van der Waals surface area contributed by atoms with Crippen molar-refractivity contribution < 1.29 is 45.0 Å². The molecular weight excluding hydrogens is 585 g/mol. The summed E-state index contributed by atoms with van der Waals surface area (Å²) >= 11 is 34.4. The number of carbonyl (C=O) groups is 3. The van der Waals surface area contributed by atoms with E-state index in [9.17, 15) is 0 Å². The molecule has 0 aromatic rings. The Labute approximate surface area is 228 Å². The Morgan fingerprint density at radius 1 is 0.647 bits per heavy atom. The molecule has 204 valence electrons. The van der Waals surface area contributed by atoms with Crippen molar-refractivity contribution in [3.05, 3.63) is 0 Å². The first-order chi connectivity index (χ1) is 15.0. The topological polar surface area (TPSA) is 173 Å². The summed E-state index contributed by atoms with van der Waals surface area (Å²) in [5.74, 6) is 2.64. The molecule has 0 amide bonds. The summed E-state index contributed by atoms with van der Waals surface area (Å²) in [6.45, 7) is 10.4. The Kier molecular flexibility index (Phi) is 18.3. The first-order valence-corrected chi connectivity index (χ1v) is 12.2. The second-order valence-electron chi connectivity index (χ2n) is 7.67. The van der Waals surface area contributed by atoms with E-state index in [4.69, 9.17) is 115 Å². The number of hydrogen-bond donors (Lipinski definition) is 6. The van der Waals surface area contributed by atoms with Crippen molar-refractivity contribution in [2.24, 2.45) is 29.6 Å². The van der Waals surface area contributed by atoms with Crippen LogP contribution in [-0.2, 0) is 0 Å². The number of rotatable bonds is 2. The summed E-state index contributed by atoms with van der Waals surface area (Å²) < 4.78 is -1.11. The van der Waals surface area contributed by atoms with Crippen molar-refractivity contribution in [3.8, 4) is 0 Å². The minimum Gasteiger partial charge on any atom is -0.450 e. The fraction of sp³-hybridized carbons (Fsp3) is 0.842. The first-order valence-electron chi connectivity index (χ1n) is 9.92. The molecule has 0 saturated heterocycles. The molecule has 34 heavy (non-hydrogen) atoms. The van der Waals surface area contributed by atoms with Gasteiger partial charge in [-0.3, -0.25) is 0 Å². The zero-order chi connectivity index (χ0) is 28.2. The average molecular weight is 617 g/mol. The quantitative estimate of drug-likeness (QED) is 0.166. The molecule has 6 N–H and O–H groups in total. The summed E-state index contributed by atoms with van der Waals surface area (Å²) in [4.78, 5) is 25.7. The number of alkyl halides is 6. The Morgan fingerprint density at radius 2 is 0.794 bits per heavy atom. The molecular formula is C19H32Cl6O9. The van der Waals surface area contributed by atoms with Gasteiger partial charge in [0, 0.05) is 0 Å². The zero-order valence-corrected chi connectivity index (χ0v) is 23.7. The molecule has 0 aliphatic heterocycles. The third-order valence-electron chi connectivity index (χ3n) is 5.24. The molecule has 15 heteroatoms. The number of halogens is 6.